The minimum atomic E-state index is -2.93. The van der Waals surface area contributed by atoms with Crippen molar-refractivity contribution in [3.05, 3.63) is 17.7 Å². The Hall–Kier alpha value is -1.56. The number of nitrogens with one attached hydrogen (secondary N) is 2. The lowest BCUT2D eigenvalue weighted by atomic mass is 10.1. The van der Waals surface area contributed by atoms with Crippen molar-refractivity contribution in [3.8, 4) is 17.2 Å². The number of halogens is 3. The van der Waals surface area contributed by atoms with Crippen molar-refractivity contribution in [3.63, 3.8) is 0 Å². The Morgan fingerprint density at radius 1 is 1.22 bits per heavy atom. The number of alkyl halides is 2. The van der Waals surface area contributed by atoms with Crippen molar-refractivity contribution < 1.29 is 27.7 Å². The minimum absolute atomic E-state index is 0. The van der Waals surface area contributed by atoms with E-state index in [0.717, 1.165) is 6.42 Å². The molecule has 0 bridgehead atoms. The maximum Gasteiger partial charge on any atom is 0.387 e. The molecule has 0 aromatic heterocycles. The van der Waals surface area contributed by atoms with E-state index < -0.39 is 6.61 Å². The van der Waals surface area contributed by atoms with E-state index in [2.05, 4.69) is 20.4 Å². The first-order valence-corrected chi connectivity index (χ1v) is 8.61. The Morgan fingerprint density at radius 3 is 2.63 bits per heavy atom. The van der Waals surface area contributed by atoms with Crippen molar-refractivity contribution in [1.82, 2.24) is 10.6 Å². The number of nitrogens with zero attached hydrogens (tertiary/aromatic N) is 1. The van der Waals surface area contributed by atoms with Crippen LogP contribution in [-0.4, -0.2) is 45.7 Å². The number of ether oxygens (including phenoxy) is 4. The average molecular weight is 501 g/mol. The minimum Gasteiger partial charge on any atom is -0.454 e. The van der Waals surface area contributed by atoms with Gasteiger partial charge in [-0.15, -0.1) is 24.0 Å². The summed E-state index contributed by atoms with van der Waals surface area (Å²) in [5, 5.41) is 6.29. The fourth-order valence-corrected chi connectivity index (χ4v) is 2.33. The van der Waals surface area contributed by atoms with Gasteiger partial charge in [-0.2, -0.15) is 8.78 Å². The van der Waals surface area contributed by atoms with E-state index in [1.165, 1.54) is 6.07 Å². The highest BCUT2D eigenvalue weighted by atomic mass is 127. The summed E-state index contributed by atoms with van der Waals surface area (Å²) in [5.41, 5.74) is 0.487. The zero-order valence-electron chi connectivity index (χ0n) is 15.4. The van der Waals surface area contributed by atoms with Crippen LogP contribution in [0.1, 0.15) is 25.8 Å². The Bertz CT molecular complexity index is 606. The van der Waals surface area contributed by atoms with Gasteiger partial charge in [0, 0.05) is 37.9 Å². The number of rotatable bonds is 10. The number of fused-ring (bicyclic) bond motifs is 1. The molecular formula is C17H26F2IN3O4. The first-order chi connectivity index (χ1) is 12.6. The molecule has 154 valence electrons. The molecule has 0 saturated heterocycles. The lowest BCUT2D eigenvalue weighted by molar-refractivity contribution is -0.0505. The van der Waals surface area contributed by atoms with E-state index in [-0.39, 0.29) is 43.1 Å². The van der Waals surface area contributed by atoms with Gasteiger partial charge < -0.3 is 29.6 Å². The third-order valence-corrected chi connectivity index (χ3v) is 3.49. The third-order valence-electron chi connectivity index (χ3n) is 3.49. The number of guanidine groups is 1. The van der Waals surface area contributed by atoms with E-state index in [1.807, 2.05) is 13.8 Å². The van der Waals surface area contributed by atoms with Crippen LogP contribution in [0.25, 0.3) is 0 Å². The fraction of sp³-hybridized carbons (Fsp3) is 0.588. The first-order valence-electron chi connectivity index (χ1n) is 8.61. The van der Waals surface area contributed by atoms with E-state index in [9.17, 15) is 8.78 Å². The van der Waals surface area contributed by atoms with Gasteiger partial charge in [0.1, 0.15) is 5.75 Å². The normalized spacial score (nSPS) is 12.7. The van der Waals surface area contributed by atoms with Crippen LogP contribution in [0.5, 0.6) is 17.2 Å². The molecule has 27 heavy (non-hydrogen) atoms. The first kappa shape index (κ1) is 23.5. The second-order valence-electron chi connectivity index (χ2n) is 5.36. The van der Waals surface area contributed by atoms with Crippen LogP contribution in [0.4, 0.5) is 8.78 Å². The van der Waals surface area contributed by atoms with Gasteiger partial charge in [-0.05, 0) is 26.3 Å². The summed E-state index contributed by atoms with van der Waals surface area (Å²) in [6, 6.07) is 3.02. The maximum atomic E-state index is 12.7. The maximum absolute atomic E-state index is 12.7. The quantitative estimate of drug-likeness (QED) is 0.222. The molecule has 0 atom stereocenters. The molecule has 1 aliphatic rings. The predicted octanol–water partition coefficient (Wildman–Crippen LogP) is 3.12. The lowest BCUT2D eigenvalue weighted by Gasteiger charge is -2.13. The van der Waals surface area contributed by atoms with Crippen molar-refractivity contribution in [2.75, 3.05) is 33.1 Å². The fourth-order valence-electron chi connectivity index (χ4n) is 2.33. The molecule has 1 heterocycles. The third kappa shape index (κ3) is 7.91. The van der Waals surface area contributed by atoms with Gasteiger partial charge in [0.15, 0.2) is 17.5 Å². The Labute approximate surface area is 174 Å². The number of benzene rings is 1. The molecule has 0 radical (unpaired) electrons. The van der Waals surface area contributed by atoms with Gasteiger partial charge in [0.05, 0.1) is 6.54 Å². The Kier molecular flexibility index (Phi) is 11.1. The molecular weight excluding hydrogens is 475 g/mol. The van der Waals surface area contributed by atoms with Crippen LogP contribution >= 0.6 is 24.0 Å². The summed E-state index contributed by atoms with van der Waals surface area (Å²) >= 11 is 0. The largest absolute Gasteiger partial charge is 0.454 e. The molecule has 0 unspecified atom stereocenters. The van der Waals surface area contributed by atoms with Crippen LogP contribution in [0.2, 0.25) is 0 Å². The molecule has 1 aliphatic heterocycles. The van der Waals surface area contributed by atoms with Crippen molar-refractivity contribution in [2.45, 2.75) is 33.4 Å². The Balaban J connectivity index is 0.00000364. The van der Waals surface area contributed by atoms with E-state index in [0.29, 0.717) is 49.3 Å². The van der Waals surface area contributed by atoms with Gasteiger partial charge in [0.2, 0.25) is 6.79 Å². The highest BCUT2D eigenvalue weighted by Gasteiger charge is 2.20. The van der Waals surface area contributed by atoms with Gasteiger partial charge in [-0.1, -0.05) is 0 Å². The van der Waals surface area contributed by atoms with E-state index in [1.54, 1.807) is 6.07 Å². The molecule has 0 saturated carbocycles. The number of hydrogen-bond donors (Lipinski definition) is 2. The number of aliphatic imine (C=N–C) groups is 1. The highest BCUT2D eigenvalue weighted by molar-refractivity contribution is 14.0. The molecule has 1 aromatic rings. The van der Waals surface area contributed by atoms with Gasteiger partial charge in [-0.25, -0.2) is 4.99 Å². The Morgan fingerprint density at radius 2 is 1.96 bits per heavy atom. The molecule has 0 amide bonds. The monoisotopic (exact) mass is 501 g/mol. The highest BCUT2D eigenvalue weighted by Crippen LogP contribution is 2.38. The molecule has 2 rings (SSSR count). The molecule has 2 N–H and O–H groups in total. The van der Waals surface area contributed by atoms with Crippen LogP contribution in [0.3, 0.4) is 0 Å². The van der Waals surface area contributed by atoms with Gasteiger partial charge >= 0.3 is 6.61 Å². The SMILES string of the molecule is CCNC(=NCc1cc2c(cc1OC(F)F)OCO2)NCCCOCC.I. The second-order valence-corrected chi connectivity index (χ2v) is 5.36. The summed E-state index contributed by atoms with van der Waals surface area (Å²) in [4.78, 5) is 4.43. The summed E-state index contributed by atoms with van der Waals surface area (Å²) < 4.78 is 45.7. The molecule has 0 fully saturated rings. The molecule has 7 nitrogen and oxygen atoms in total. The van der Waals surface area contributed by atoms with Crippen LogP contribution in [0, 0.1) is 0 Å². The van der Waals surface area contributed by atoms with Crippen LogP contribution < -0.4 is 24.8 Å². The van der Waals surface area contributed by atoms with E-state index >= 15 is 0 Å². The van der Waals surface area contributed by atoms with Crippen LogP contribution in [0.15, 0.2) is 17.1 Å². The average Bonchev–Trinajstić information content (AvgIpc) is 3.05. The number of hydrogen-bond acceptors (Lipinski definition) is 5. The second kappa shape index (κ2) is 12.8. The van der Waals surface area contributed by atoms with E-state index in [4.69, 9.17) is 14.2 Å². The zero-order chi connectivity index (χ0) is 18.8. The van der Waals surface area contributed by atoms with Crippen LogP contribution in [-0.2, 0) is 11.3 Å². The molecule has 1 aromatic carbocycles. The summed E-state index contributed by atoms with van der Waals surface area (Å²) in [6.45, 7) is 3.89. The summed E-state index contributed by atoms with van der Waals surface area (Å²) in [7, 11) is 0. The summed E-state index contributed by atoms with van der Waals surface area (Å²) in [6.07, 6.45) is 0.835. The predicted molar refractivity (Wildman–Crippen MR) is 109 cm³/mol. The molecule has 0 aliphatic carbocycles. The standard InChI is InChI=1S/C17H25F2N3O4.HI/c1-3-20-17(21-6-5-7-23-4-2)22-10-12-8-14-15(25-11-24-14)9-13(12)26-16(18)19;/h8-9,16H,3-7,10-11H2,1-2H3,(H2,20,21,22);1H. The lowest BCUT2D eigenvalue weighted by Crippen LogP contribution is -2.38. The summed E-state index contributed by atoms with van der Waals surface area (Å²) in [5.74, 6) is 1.49. The molecule has 10 heteroatoms. The van der Waals surface area contributed by atoms with Gasteiger partial charge in [-0.3, -0.25) is 0 Å². The van der Waals surface area contributed by atoms with Crippen molar-refractivity contribution in [1.29, 1.82) is 0 Å². The van der Waals surface area contributed by atoms with Crippen molar-refractivity contribution in [2.24, 2.45) is 4.99 Å². The zero-order valence-corrected chi connectivity index (χ0v) is 17.8. The van der Waals surface area contributed by atoms with Gasteiger partial charge in [0.25, 0.3) is 0 Å². The smallest absolute Gasteiger partial charge is 0.387 e. The molecule has 0 spiro atoms. The van der Waals surface area contributed by atoms with Crippen molar-refractivity contribution >= 4 is 29.9 Å². The topological polar surface area (TPSA) is 73.3 Å².